The monoisotopic (exact) mass is 285 g/mol. The van der Waals surface area contributed by atoms with Gasteiger partial charge in [-0.1, -0.05) is 42.5 Å². The highest BCUT2D eigenvalue weighted by atomic mass is 16.4. The topological polar surface area (TPSA) is 57.6 Å². The molecule has 1 amide bonds. The number of hydrogen-bond acceptors (Lipinski definition) is 2. The summed E-state index contributed by atoms with van der Waals surface area (Å²) < 4.78 is 0. The molecule has 1 aromatic carbocycles. The molecule has 3 rings (SSSR count). The number of benzene rings is 1. The molecule has 0 saturated heterocycles. The molecule has 110 valence electrons. The van der Waals surface area contributed by atoms with Crippen LogP contribution in [0.4, 0.5) is 0 Å². The second kappa shape index (κ2) is 5.35. The Balaban J connectivity index is 1.75. The van der Waals surface area contributed by atoms with E-state index in [9.17, 15) is 14.7 Å². The summed E-state index contributed by atoms with van der Waals surface area (Å²) in [7, 11) is 1.75. The van der Waals surface area contributed by atoms with Crippen molar-refractivity contribution in [1.29, 1.82) is 0 Å². The molecule has 0 spiro atoms. The predicted octanol–water partition coefficient (Wildman–Crippen LogP) is 2.17. The van der Waals surface area contributed by atoms with E-state index in [4.69, 9.17) is 0 Å². The predicted molar refractivity (Wildman–Crippen MR) is 78.3 cm³/mol. The first-order valence-electron chi connectivity index (χ1n) is 7.28. The van der Waals surface area contributed by atoms with Gasteiger partial charge in [-0.15, -0.1) is 0 Å². The number of allylic oxidation sites excluding steroid dienone is 2. The van der Waals surface area contributed by atoms with Gasteiger partial charge < -0.3 is 10.0 Å². The quantitative estimate of drug-likeness (QED) is 0.863. The lowest BCUT2D eigenvalue weighted by molar-refractivity contribution is -0.150. The van der Waals surface area contributed by atoms with Gasteiger partial charge in [0.1, 0.15) is 0 Å². The number of aliphatic carboxylic acids is 1. The molecule has 4 heteroatoms. The van der Waals surface area contributed by atoms with Gasteiger partial charge in [0.15, 0.2) is 0 Å². The van der Waals surface area contributed by atoms with Crippen molar-refractivity contribution >= 4 is 11.9 Å². The molecule has 0 radical (unpaired) electrons. The fraction of sp³-hybridized carbons (Fsp3) is 0.412. The van der Waals surface area contributed by atoms with Gasteiger partial charge in [0.05, 0.1) is 11.8 Å². The van der Waals surface area contributed by atoms with Crippen molar-refractivity contribution in [3.8, 4) is 0 Å². The summed E-state index contributed by atoms with van der Waals surface area (Å²) in [6.45, 7) is 0.517. The minimum Gasteiger partial charge on any atom is -0.481 e. The maximum Gasteiger partial charge on any atom is 0.307 e. The van der Waals surface area contributed by atoms with Crippen molar-refractivity contribution in [3.63, 3.8) is 0 Å². The SMILES string of the molecule is CN(Cc1ccccc1)C(=O)[C@H]1[C@@H](C(=O)O)[C@H]2C=C[C@H]1C2. The van der Waals surface area contributed by atoms with Crippen molar-refractivity contribution in [2.45, 2.75) is 13.0 Å². The van der Waals surface area contributed by atoms with Gasteiger partial charge in [0.2, 0.25) is 5.91 Å². The Hall–Kier alpha value is -2.10. The Morgan fingerprint density at radius 3 is 2.38 bits per heavy atom. The first-order valence-corrected chi connectivity index (χ1v) is 7.28. The Morgan fingerprint density at radius 1 is 1.14 bits per heavy atom. The van der Waals surface area contributed by atoms with E-state index in [1.165, 1.54) is 0 Å². The average Bonchev–Trinajstić information content (AvgIpc) is 3.08. The fourth-order valence-corrected chi connectivity index (χ4v) is 3.69. The van der Waals surface area contributed by atoms with Crippen LogP contribution in [0, 0.1) is 23.7 Å². The minimum atomic E-state index is -0.849. The van der Waals surface area contributed by atoms with Gasteiger partial charge >= 0.3 is 5.97 Å². The van der Waals surface area contributed by atoms with Crippen LogP contribution in [0.3, 0.4) is 0 Å². The van der Waals surface area contributed by atoms with Gasteiger partial charge in [0.25, 0.3) is 0 Å². The lowest BCUT2D eigenvalue weighted by atomic mass is 9.82. The van der Waals surface area contributed by atoms with E-state index in [0.717, 1.165) is 12.0 Å². The summed E-state index contributed by atoms with van der Waals surface area (Å²) in [5, 5.41) is 9.42. The highest BCUT2D eigenvalue weighted by Gasteiger charge is 2.52. The zero-order chi connectivity index (χ0) is 15.0. The molecule has 1 N–H and O–H groups in total. The van der Waals surface area contributed by atoms with Crippen LogP contribution in [0.15, 0.2) is 42.5 Å². The molecule has 0 heterocycles. The normalized spacial score (nSPS) is 29.6. The molecule has 4 nitrogen and oxygen atoms in total. The van der Waals surface area contributed by atoms with Crippen LogP contribution >= 0.6 is 0 Å². The Morgan fingerprint density at radius 2 is 1.76 bits per heavy atom. The van der Waals surface area contributed by atoms with Crippen LogP contribution in [0.25, 0.3) is 0 Å². The summed E-state index contributed by atoms with van der Waals surface area (Å²) in [5.74, 6) is -1.77. The van der Waals surface area contributed by atoms with Crippen molar-refractivity contribution in [1.82, 2.24) is 4.90 Å². The lowest BCUT2D eigenvalue weighted by Gasteiger charge is -2.28. The molecule has 2 aliphatic rings. The number of hydrogen-bond donors (Lipinski definition) is 1. The molecule has 21 heavy (non-hydrogen) atoms. The van der Waals surface area contributed by atoms with Crippen LogP contribution in [0.5, 0.6) is 0 Å². The van der Waals surface area contributed by atoms with Crippen LogP contribution in [-0.2, 0) is 16.1 Å². The molecule has 0 aromatic heterocycles. The van der Waals surface area contributed by atoms with E-state index < -0.39 is 17.8 Å². The number of carbonyl (C=O) groups is 2. The number of carboxylic acid groups (broad SMARTS) is 1. The van der Waals surface area contributed by atoms with E-state index in [1.54, 1.807) is 11.9 Å². The Bertz CT molecular complexity index is 581. The van der Waals surface area contributed by atoms with Gasteiger partial charge in [-0.2, -0.15) is 0 Å². The minimum absolute atomic E-state index is 0.0200. The maximum atomic E-state index is 12.7. The third kappa shape index (κ3) is 2.46. The Kier molecular flexibility index (Phi) is 3.53. The number of carboxylic acids is 1. The first-order chi connectivity index (χ1) is 10.1. The molecule has 1 saturated carbocycles. The molecule has 2 aliphatic carbocycles. The van der Waals surface area contributed by atoms with Crippen molar-refractivity contribution in [2.24, 2.45) is 23.7 Å². The molecule has 0 aliphatic heterocycles. The number of amides is 1. The zero-order valence-corrected chi connectivity index (χ0v) is 12.0. The van der Waals surface area contributed by atoms with E-state index in [0.29, 0.717) is 6.54 Å². The molecule has 1 fully saturated rings. The Labute approximate surface area is 124 Å². The van der Waals surface area contributed by atoms with Crippen LogP contribution in [-0.4, -0.2) is 28.9 Å². The van der Waals surface area contributed by atoms with Crippen LogP contribution < -0.4 is 0 Å². The van der Waals surface area contributed by atoms with E-state index in [-0.39, 0.29) is 17.7 Å². The summed E-state index contributed by atoms with van der Waals surface area (Å²) >= 11 is 0. The van der Waals surface area contributed by atoms with Gasteiger partial charge in [-0.05, 0) is 23.8 Å². The average molecular weight is 285 g/mol. The molecular weight excluding hydrogens is 266 g/mol. The largest absolute Gasteiger partial charge is 0.481 e. The van der Waals surface area contributed by atoms with Gasteiger partial charge in [0, 0.05) is 13.6 Å². The lowest BCUT2D eigenvalue weighted by Crippen LogP contribution is -2.40. The van der Waals surface area contributed by atoms with Crippen LogP contribution in [0.1, 0.15) is 12.0 Å². The highest BCUT2D eigenvalue weighted by molar-refractivity contribution is 5.86. The number of nitrogens with zero attached hydrogens (tertiary/aromatic N) is 1. The maximum absolute atomic E-state index is 12.7. The van der Waals surface area contributed by atoms with Crippen molar-refractivity contribution in [2.75, 3.05) is 7.05 Å². The summed E-state index contributed by atoms with van der Waals surface area (Å²) in [6.07, 6.45) is 4.78. The summed E-state index contributed by atoms with van der Waals surface area (Å²) in [6, 6.07) is 9.76. The van der Waals surface area contributed by atoms with Crippen molar-refractivity contribution < 1.29 is 14.7 Å². The standard InChI is InChI=1S/C17H19NO3/c1-18(10-11-5-3-2-4-6-11)16(19)14-12-7-8-13(9-12)15(14)17(20)21/h2-8,12-15H,9-10H2,1H3,(H,20,21)/t12-,13-,14+,15-/m0/s1. The number of rotatable bonds is 4. The molecule has 4 atom stereocenters. The second-order valence-corrected chi connectivity index (χ2v) is 6.02. The molecule has 1 aromatic rings. The first kappa shape index (κ1) is 13.9. The number of fused-ring (bicyclic) bond motifs is 2. The van der Waals surface area contributed by atoms with E-state index in [1.807, 2.05) is 42.5 Å². The number of carbonyl (C=O) groups excluding carboxylic acids is 1. The van der Waals surface area contributed by atoms with Crippen molar-refractivity contribution in [3.05, 3.63) is 48.0 Å². The molecule has 2 bridgehead atoms. The zero-order valence-electron chi connectivity index (χ0n) is 12.0. The van der Waals surface area contributed by atoms with E-state index >= 15 is 0 Å². The fourth-order valence-electron chi connectivity index (χ4n) is 3.69. The highest BCUT2D eigenvalue weighted by Crippen LogP contribution is 2.48. The second-order valence-electron chi connectivity index (χ2n) is 6.02. The van der Waals surface area contributed by atoms with Gasteiger partial charge in [-0.3, -0.25) is 9.59 Å². The third-order valence-electron chi connectivity index (χ3n) is 4.67. The summed E-state index contributed by atoms with van der Waals surface area (Å²) in [5.41, 5.74) is 1.05. The third-order valence-corrected chi connectivity index (χ3v) is 4.67. The van der Waals surface area contributed by atoms with Crippen LogP contribution in [0.2, 0.25) is 0 Å². The summed E-state index contributed by atoms with van der Waals surface area (Å²) in [4.78, 5) is 25.8. The smallest absolute Gasteiger partial charge is 0.307 e. The molecule has 0 unspecified atom stereocenters. The van der Waals surface area contributed by atoms with E-state index in [2.05, 4.69) is 0 Å². The van der Waals surface area contributed by atoms with Gasteiger partial charge in [-0.25, -0.2) is 0 Å². The molecular formula is C17H19NO3.